The highest BCUT2D eigenvalue weighted by molar-refractivity contribution is 6.11. The monoisotopic (exact) mass is 265 g/mol. The Morgan fingerprint density at radius 1 is 1.00 bits per heavy atom. The van der Waals surface area contributed by atoms with Crippen molar-refractivity contribution in [1.82, 2.24) is 0 Å². The van der Waals surface area contributed by atoms with Crippen LogP contribution in [0.4, 0.5) is 5.69 Å². The minimum absolute atomic E-state index is 0.132. The molecule has 2 aromatic carbocycles. The molecule has 2 heteroatoms. The molecule has 20 heavy (non-hydrogen) atoms. The Morgan fingerprint density at radius 2 is 1.70 bits per heavy atom. The Balaban J connectivity index is 2.03. The molecule has 1 amide bonds. The molecular weight excluding hydrogens is 246 g/mol. The SMILES string of the molecule is CCCCC1c2ccccc2C(=O)N1c1ccccc1. The summed E-state index contributed by atoms with van der Waals surface area (Å²) in [4.78, 5) is 14.7. The number of amides is 1. The van der Waals surface area contributed by atoms with Gasteiger partial charge in [-0.15, -0.1) is 0 Å². The molecule has 0 saturated heterocycles. The van der Waals surface area contributed by atoms with Crippen molar-refractivity contribution in [1.29, 1.82) is 0 Å². The lowest BCUT2D eigenvalue weighted by Gasteiger charge is -2.25. The Morgan fingerprint density at radius 3 is 2.45 bits per heavy atom. The van der Waals surface area contributed by atoms with E-state index in [0.29, 0.717) is 0 Å². The summed E-state index contributed by atoms with van der Waals surface area (Å²) in [5.41, 5.74) is 3.03. The van der Waals surface area contributed by atoms with Crippen LogP contribution in [0.3, 0.4) is 0 Å². The predicted molar refractivity (Wildman–Crippen MR) is 82.0 cm³/mol. The number of hydrogen-bond donors (Lipinski definition) is 0. The second-order valence-electron chi connectivity index (χ2n) is 5.26. The zero-order valence-electron chi connectivity index (χ0n) is 11.8. The first-order valence-electron chi connectivity index (χ1n) is 7.30. The van der Waals surface area contributed by atoms with Gasteiger partial charge in [-0.3, -0.25) is 4.79 Å². The van der Waals surface area contributed by atoms with E-state index in [0.717, 1.165) is 30.5 Å². The fourth-order valence-electron chi connectivity index (χ4n) is 2.96. The molecule has 1 heterocycles. The number of carbonyl (C=O) groups is 1. The van der Waals surface area contributed by atoms with Crippen molar-refractivity contribution in [3.8, 4) is 0 Å². The molecule has 1 unspecified atom stereocenters. The van der Waals surface area contributed by atoms with Crippen molar-refractivity contribution in [3.05, 3.63) is 65.7 Å². The minimum Gasteiger partial charge on any atom is -0.301 e. The summed E-state index contributed by atoms with van der Waals surface area (Å²) < 4.78 is 0. The molecule has 1 aliphatic heterocycles. The van der Waals surface area contributed by atoms with Gasteiger partial charge in [0.1, 0.15) is 0 Å². The first kappa shape index (κ1) is 12.9. The summed E-state index contributed by atoms with van der Waals surface area (Å²) in [6, 6.07) is 18.2. The quantitative estimate of drug-likeness (QED) is 0.792. The van der Waals surface area contributed by atoms with Gasteiger partial charge in [-0.1, -0.05) is 56.2 Å². The number of para-hydroxylation sites is 1. The van der Waals surface area contributed by atoms with Crippen molar-refractivity contribution in [2.45, 2.75) is 32.2 Å². The molecule has 0 aliphatic carbocycles. The van der Waals surface area contributed by atoms with Gasteiger partial charge in [-0.05, 0) is 30.2 Å². The van der Waals surface area contributed by atoms with Gasteiger partial charge in [0.05, 0.1) is 6.04 Å². The van der Waals surface area contributed by atoms with Crippen LogP contribution >= 0.6 is 0 Å². The van der Waals surface area contributed by atoms with Gasteiger partial charge in [0.2, 0.25) is 0 Å². The number of anilines is 1. The van der Waals surface area contributed by atoms with E-state index in [2.05, 4.69) is 13.0 Å². The molecule has 0 saturated carbocycles. The van der Waals surface area contributed by atoms with E-state index in [1.807, 2.05) is 53.4 Å². The average Bonchev–Trinajstić information content (AvgIpc) is 2.79. The van der Waals surface area contributed by atoms with E-state index in [1.165, 1.54) is 5.56 Å². The zero-order chi connectivity index (χ0) is 13.9. The maximum atomic E-state index is 12.7. The lowest BCUT2D eigenvalue weighted by Crippen LogP contribution is -2.27. The number of nitrogens with zero attached hydrogens (tertiary/aromatic N) is 1. The lowest BCUT2D eigenvalue weighted by atomic mass is 10.00. The fraction of sp³-hybridized carbons (Fsp3) is 0.278. The largest absolute Gasteiger partial charge is 0.301 e. The minimum atomic E-state index is 0.132. The summed E-state index contributed by atoms with van der Waals surface area (Å²) in [5.74, 6) is 0.132. The Hall–Kier alpha value is -2.09. The van der Waals surface area contributed by atoms with Crippen LogP contribution in [0.15, 0.2) is 54.6 Å². The molecule has 0 fully saturated rings. The van der Waals surface area contributed by atoms with Crippen molar-refractivity contribution in [2.75, 3.05) is 4.90 Å². The topological polar surface area (TPSA) is 20.3 Å². The third-order valence-electron chi connectivity index (χ3n) is 3.95. The van der Waals surface area contributed by atoms with Crippen LogP contribution in [0, 0.1) is 0 Å². The molecule has 3 rings (SSSR count). The highest BCUT2D eigenvalue weighted by Crippen LogP contribution is 2.39. The molecule has 0 radical (unpaired) electrons. The molecule has 0 aromatic heterocycles. The van der Waals surface area contributed by atoms with Crippen molar-refractivity contribution >= 4 is 11.6 Å². The van der Waals surface area contributed by atoms with Crippen LogP contribution < -0.4 is 4.90 Å². The third-order valence-corrected chi connectivity index (χ3v) is 3.95. The number of fused-ring (bicyclic) bond motifs is 1. The molecule has 0 N–H and O–H groups in total. The maximum Gasteiger partial charge on any atom is 0.259 e. The van der Waals surface area contributed by atoms with Crippen LogP contribution in [0.5, 0.6) is 0 Å². The van der Waals surface area contributed by atoms with Crippen LogP contribution in [0.1, 0.15) is 48.1 Å². The number of carbonyl (C=O) groups excluding carboxylic acids is 1. The smallest absolute Gasteiger partial charge is 0.259 e. The van der Waals surface area contributed by atoms with E-state index < -0.39 is 0 Å². The normalized spacial score (nSPS) is 17.4. The third kappa shape index (κ3) is 2.11. The van der Waals surface area contributed by atoms with E-state index >= 15 is 0 Å². The highest BCUT2D eigenvalue weighted by atomic mass is 16.2. The second-order valence-corrected chi connectivity index (χ2v) is 5.26. The summed E-state index contributed by atoms with van der Waals surface area (Å²) >= 11 is 0. The number of hydrogen-bond acceptors (Lipinski definition) is 1. The molecular formula is C18H19NO. The number of unbranched alkanes of at least 4 members (excludes halogenated alkanes) is 1. The van der Waals surface area contributed by atoms with Gasteiger partial charge in [0, 0.05) is 11.3 Å². The van der Waals surface area contributed by atoms with Crippen molar-refractivity contribution in [2.24, 2.45) is 0 Å². The van der Waals surface area contributed by atoms with E-state index in [1.54, 1.807) is 0 Å². The van der Waals surface area contributed by atoms with E-state index in [9.17, 15) is 4.79 Å². The Kier molecular flexibility index (Phi) is 3.55. The van der Waals surface area contributed by atoms with Crippen LogP contribution in [-0.2, 0) is 0 Å². The standard InChI is InChI=1S/C18H19NO/c1-2-3-13-17-15-11-7-8-12-16(15)18(20)19(17)14-9-5-4-6-10-14/h4-12,17H,2-3,13H2,1H3. The van der Waals surface area contributed by atoms with Gasteiger partial charge in [-0.25, -0.2) is 0 Å². The van der Waals surface area contributed by atoms with Gasteiger partial charge >= 0.3 is 0 Å². The summed E-state index contributed by atoms with van der Waals surface area (Å²) in [7, 11) is 0. The van der Waals surface area contributed by atoms with Crippen molar-refractivity contribution < 1.29 is 4.79 Å². The van der Waals surface area contributed by atoms with Gasteiger partial charge in [0.25, 0.3) is 5.91 Å². The van der Waals surface area contributed by atoms with Crippen LogP contribution in [-0.4, -0.2) is 5.91 Å². The Bertz CT molecular complexity index is 606. The van der Waals surface area contributed by atoms with Gasteiger partial charge in [-0.2, -0.15) is 0 Å². The molecule has 0 spiro atoms. The zero-order valence-corrected chi connectivity index (χ0v) is 11.8. The van der Waals surface area contributed by atoms with E-state index in [4.69, 9.17) is 0 Å². The molecule has 102 valence electrons. The number of benzene rings is 2. The Labute approximate surface area is 120 Å². The van der Waals surface area contributed by atoms with Crippen LogP contribution in [0.2, 0.25) is 0 Å². The summed E-state index contributed by atoms with van der Waals surface area (Å²) in [6.07, 6.45) is 3.30. The lowest BCUT2D eigenvalue weighted by molar-refractivity contribution is 0.0990. The first-order valence-corrected chi connectivity index (χ1v) is 7.30. The molecule has 2 aromatic rings. The number of rotatable bonds is 4. The predicted octanol–water partition coefficient (Wildman–Crippen LogP) is 4.58. The molecule has 0 bridgehead atoms. The molecule has 2 nitrogen and oxygen atoms in total. The first-order chi connectivity index (χ1) is 9.83. The van der Waals surface area contributed by atoms with Gasteiger partial charge in [0.15, 0.2) is 0 Å². The van der Waals surface area contributed by atoms with Gasteiger partial charge < -0.3 is 4.90 Å². The molecule has 1 atom stereocenters. The second kappa shape index (κ2) is 5.49. The molecule has 1 aliphatic rings. The average molecular weight is 265 g/mol. The highest BCUT2D eigenvalue weighted by Gasteiger charge is 2.36. The fourth-order valence-corrected chi connectivity index (χ4v) is 2.96. The van der Waals surface area contributed by atoms with Crippen molar-refractivity contribution in [3.63, 3.8) is 0 Å². The maximum absolute atomic E-state index is 12.7. The summed E-state index contributed by atoms with van der Waals surface area (Å²) in [5, 5.41) is 0. The summed E-state index contributed by atoms with van der Waals surface area (Å²) in [6.45, 7) is 2.19. The van der Waals surface area contributed by atoms with E-state index in [-0.39, 0.29) is 11.9 Å². The van der Waals surface area contributed by atoms with Crippen LogP contribution in [0.25, 0.3) is 0 Å².